The lowest BCUT2D eigenvalue weighted by molar-refractivity contribution is -0.154. The predicted octanol–water partition coefficient (Wildman–Crippen LogP) is 2.93. The number of carbonyl (C=O) groups is 1. The highest BCUT2D eigenvalue weighted by Gasteiger charge is 2.37. The third kappa shape index (κ3) is 3.18. The Morgan fingerprint density at radius 1 is 1.53 bits per heavy atom. The van der Waals surface area contributed by atoms with Gasteiger partial charge in [0.05, 0.1) is 23.1 Å². The van der Waals surface area contributed by atoms with Crippen LogP contribution in [0, 0.1) is 17.2 Å². The average Bonchev–Trinajstić information content (AvgIpc) is 2.33. The first-order valence-electron chi connectivity index (χ1n) is 6.17. The molecule has 0 saturated heterocycles. The van der Waals surface area contributed by atoms with E-state index in [9.17, 15) is 4.79 Å². The molecule has 0 radical (unpaired) electrons. The van der Waals surface area contributed by atoms with Crippen LogP contribution in [0.25, 0.3) is 0 Å². The first-order valence-corrected chi connectivity index (χ1v) is 6.54. The molecule has 19 heavy (non-hydrogen) atoms. The zero-order chi connectivity index (χ0) is 13.8. The fourth-order valence-electron chi connectivity index (χ4n) is 1.97. The van der Waals surface area contributed by atoms with E-state index in [0.29, 0.717) is 35.8 Å². The molecule has 5 heteroatoms. The maximum Gasteiger partial charge on any atom is 0.309 e. The van der Waals surface area contributed by atoms with E-state index in [2.05, 4.69) is 0 Å². The molecule has 1 aromatic rings. The summed E-state index contributed by atoms with van der Waals surface area (Å²) in [5, 5.41) is 9.14. The SMILES string of the molecule is CCOC(=O)C1CC(Oc2ccc(C#N)c(Cl)c2)C1. The number of hydrogen-bond donors (Lipinski definition) is 0. The van der Waals surface area contributed by atoms with Crippen LogP contribution in [0.4, 0.5) is 0 Å². The van der Waals surface area contributed by atoms with Gasteiger partial charge >= 0.3 is 5.97 Å². The van der Waals surface area contributed by atoms with Crippen molar-refractivity contribution in [2.75, 3.05) is 6.61 Å². The maximum atomic E-state index is 11.4. The van der Waals surface area contributed by atoms with Crippen LogP contribution < -0.4 is 4.74 Å². The van der Waals surface area contributed by atoms with E-state index < -0.39 is 0 Å². The minimum Gasteiger partial charge on any atom is -0.490 e. The average molecular weight is 280 g/mol. The number of esters is 1. The Morgan fingerprint density at radius 3 is 2.84 bits per heavy atom. The van der Waals surface area contributed by atoms with Gasteiger partial charge in [-0.25, -0.2) is 0 Å². The molecule has 0 bridgehead atoms. The molecule has 0 aliphatic heterocycles. The molecule has 1 fully saturated rings. The van der Waals surface area contributed by atoms with Gasteiger partial charge in [-0.1, -0.05) is 11.6 Å². The van der Waals surface area contributed by atoms with Gasteiger partial charge < -0.3 is 9.47 Å². The van der Waals surface area contributed by atoms with Crippen molar-refractivity contribution in [1.82, 2.24) is 0 Å². The smallest absolute Gasteiger partial charge is 0.309 e. The Kier molecular flexibility index (Phi) is 4.28. The Balaban J connectivity index is 1.86. The van der Waals surface area contributed by atoms with Crippen molar-refractivity contribution in [3.63, 3.8) is 0 Å². The van der Waals surface area contributed by atoms with E-state index >= 15 is 0 Å². The monoisotopic (exact) mass is 279 g/mol. The van der Waals surface area contributed by atoms with Crippen LogP contribution in [-0.4, -0.2) is 18.7 Å². The Hall–Kier alpha value is -1.73. The van der Waals surface area contributed by atoms with Crippen molar-refractivity contribution in [1.29, 1.82) is 5.26 Å². The van der Waals surface area contributed by atoms with Gasteiger partial charge in [0, 0.05) is 6.07 Å². The molecule has 1 aliphatic carbocycles. The maximum absolute atomic E-state index is 11.4. The number of nitriles is 1. The van der Waals surface area contributed by atoms with Crippen LogP contribution in [-0.2, 0) is 9.53 Å². The molecule has 1 aliphatic rings. The summed E-state index contributed by atoms with van der Waals surface area (Å²) in [5.41, 5.74) is 0.423. The van der Waals surface area contributed by atoms with Crippen LogP contribution in [0.5, 0.6) is 5.75 Å². The van der Waals surface area contributed by atoms with Gasteiger partial charge in [0.1, 0.15) is 17.9 Å². The van der Waals surface area contributed by atoms with Crippen molar-refractivity contribution < 1.29 is 14.3 Å². The van der Waals surface area contributed by atoms with Gasteiger partial charge in [0.2, 0.25) is 0 Å². The van der Waals surface area contributed by atoms with Crippen molar-refractivity contribution >= 4 is 17.6 Å². The molecule has 0 spiro atoms. The molecule has 0 heterocycles. The number of nitrogens with zero attached hydrogens (tertiary/aromatic N) is 1. The molecular formula is C14H14ClNO3. The van der Waals surface area contributed by atoms with Crippen LogP contribution in [0.1, 0.15) is 25.3 Å². The third-order valence-electron chi connectivity index (χ3n) is 3.08. The normalized spacial score (nSPS) is 21.1. The number of rotatable bonds is 4. The summed E-state index contributed by atoms with van der Waals surface area (Å²) >= 11 is 5.92. The van der Waals surface area contributed by atoms with Gasteiger partial charge in [0.15, 0.2) is 0 Å². The van der Waals surface area contributed by atoms with Gasteiger partial charge in [0.25, 0.3) is 0 Å². The minimum atomic E-state index is -0.153. The highest BCUT2D eigenvalue weighted by atomic mass is 35.5. The van der Waals surface area contributed by atoms with E-state index in [-0.39, 0.29) is 18.0 Å². The van der Waals surface area contributed by atoms with Crippen LogP contribution >= 0.6 is 11.6 Å². The summed E-state index contributed by atoms with van der Waals surface area (Å²) in [4.78, 5) is 11.4. The summed E-state index contributed by atoms with van der Waals surface area (Å²) in [6.45, 7) is 2.20. The van der Waals surface area contributed by atoms with Crippen molar-refractivity contribution in [2.24, 2.45) is 5.92 Å². The Bertz CT molecular complexity index is 518. The number of halogens is 1. The van der Waals surface area contributed by atoms with Crippen LogP contribution in [0.2, 0.25) is 5.02 Å². The predicted molar refractivity (Wildman–Crippen MR) is 69.9 cm³/mol. The number of ether oxygens (including phenoxy) is 2. The summed E-state index contributed by atoms with van der Waals surface area (Å²) in [6, 6.07) is 6.95. The number of carbonyl (C=O) groups excluding carboxylic acids is 1. The van der Waals surface area contributed by atoms with Gasteiger partial charge in [-0.15, -0.1) is 0 Å². The van der Waals surface area contributed by atoms with Gasteiger partial charge in [-0.2, -0.15) is 5.26 Å². The van der Waals surface area contributed by atoms with E-state index in [1.54, 1.807) is 25.1 Å². The molecule has 1 saturated carbocycles. The van der Waals surface area contributed by atoms with Crippen molar-refractivity contribution in [3.8, 4) is 11.8 Å². The van der Waals surface area contributed by atoms with Crippen LogP contribution in [0.3, 0.4) is 0 Å². The van der Waals surface area contributed by atoms with Crippen molar-refractivity contribution in [2.45, 2.75) is 25.9 Å². The number of hydrogen-bond acceptors (Lipinski definition) is 4. The van der Waals surface area contributed by atoms with E-state index in [1.165, 1.54) is 0 Å². The quantitative estimate of drug-likeness (QED) is 0.795. The Morgan fingerprint density at radius 2 is 2.26 bits per heavy atom. The molecule has 1 aromatic carbocycles. The van der Waals surface area contributed by atoms with E-state index in [4.69, 9.17) is 26.3 Å². The fourth-order valence-corrected chi connectivity index (χ4v) is 2.18. The highest BCUT2D eigenvalue weighted by Crippen LogP contribution is 2.33. The molecule has 0 amide bonds. The zero-order valence-electron chi connectivity index (χ0n) is 10.6. The molecule has 0 aromatic heterocycles. The first kappa shape index (κ1) is 13.7. The summed E-state index contributed by atoms with van der Waals surface area (Å²) in [5.74, 6) is 0.412. The summed E-state index contributed by atoms with van der Waals surface area (Å²) in [6.07, 6.45) is 1.34. The molecule has 2 rings (SSSR count). The molecular weight excluding hydrogens is 266 g/mol. The third-order valence-corrected chi connectivity index (χ3v) is 3.39. The summed E-state index contributed by atoms with van der Waals surface area (Å²) in [7, 11) is 0. The molecule has 4 nitrogen and oxygen atoms in total. The standard InChI is InChI=1S/C14H14ClNO3/c1-2-18-14(17)10-5-12(6-10)19-11-4-3-9(8-16)13(15)7-11/h3-4,7,10,12H,2,5-6H2,1H3. The van der Waals surface area contributed by atoms with Crippen molar-refractivity contribution in [3.05, 3.63) is 28.8 Å². The van der Waals surface area contributed by atoms with Crippen LogP contribution in [0.15, 0.2) is 18.2 Å². The first-order chi connectivity index (χ1) is 9.13. The largest absolute Gasteiger partial charge is 0.490 e. The lowest BCUT2D eigenvalue weighted by atomic mass is 9.82. The lowest BCUT2D eigenvalue weighted by Gasteiger charge is -2.33. The molecule has 0 atom stereocenters. The zero-order valence-corrected chi connectivity index (χ0v) is 11.3. The Labute approximate surface area is 116 Å². The molecule has 100 valence electrons. The highest BCUT2D eigenvalue weighted by molar-refractivity contribution is 6.31. The minimum absolute atomic E-state index is 0.0124. The summed E-state index contributed by atoms with van der Waals surface area (Å²) < 4.78 is 10.6. The molecule has 0 N–H and O–H groups in total. The second-order valence-electron chi connectivity index (χ2n) is 4.41. The van der Waals surface area contributed by atoms with E-state index in [1.807, 2.05) is 6.07 Å². The molecule has 0 unspecified atom stereocenters. The lowest BCUT2D eigenvalue weighted by Crippen LogP contribution is -2.39. The van der Waals surface area contributed by atoms with E-state index in [0.717, 1.165) is 0 Å². The second kappa shape index (κ2) is 5.94. The van der Waals surface area contributed by atoms with Gasteiger partial charge in [-0.3, -0.25) is 4.79 Å². The fraction of sp³-hybridized carbons (Fsp3) is 0.429. The van der Waals surface area contributed by atoms with Gasteiger partial charge in [-0.05, 0) is 31.9 Å². The topological polar surface area (TPSA) is 59.3 Å². The number of benzene rings is 1. The second-order valence-corrected chi connectivity index (χ2v) is 4.82.